The minimum atomic E-state index is 0.934. The lowest BCUT2D eigenvalue weighted by atomic mass is 9.82. The van der Waals surface area contributed by atoms with Gasteiger partial charge in [0.2, 0.25) is 0 Å². The summed E-state index contributed by atoms with van der Waals surface area (Å²) in [5.41, 5.74) is 1.29. The summed E-state index contributed by atoms with van der Waals surface area (Å²) in [6.45, 7) is 10.7. The van der Waals surface area contributed by atoms with E-state index in [1.165, 1.54) is 37.8 Å². The Bertz CT molecular complexity index is 174. The molecule has 1 N–H and O–H groups in total. The third-order valence-electron chi connectivity index (χ3n) is 3.21. The molecule has 0 bridgehead atoms. The van der Waals surface area contributed by atoms with Crippen LogP contribution in [0.3, 0.4) is 0 Å². The quantitative estimate of drug-likeness (QED) is 0.524. The van der Waals surface area contributed by atoms with Crippen LogP contribution in [0.2, 0.25) is 0 Å². The predicted molar refractivity (Wildman–Crippen MR) is 63.4 cm³/mol. The summed E-state index contributed by atoms with van der Waals surface area (Å²) in [5.74, 6) is 1.89. The van der Waals surface area contributed by atoms with Crippen LogP contribution in [0.1, 0.15) is 46.0 Å². The highest BCUT2D eigenvalue weighted by Gasteiger charge is 2.17. The Kier molecular flexibility index (Phi) is 5.24. The van der Waals surface area contributed by atoms with Crippen LogP contribution in [0.25, 0.3) is 0 Å². The highest BCUT2D eigenvalue weighted by Crippen LogP contribution is 2.27. The molecule has 0 aliphatic heterocycles. The lowest BCUT2D eigenvalue weighted by Gasteiger charge is -2.26. The minimum absolute atomic E-state index is 0.934. The van der Waals surface area contributed by atoms with Gasteiger partial charge in [0.1, 0.15) is 0 Å². The van der Waals surface area contributed by atoms with Crippen molar-refractivity contribution >= 4 is 0 Å². The number of hydrogen-bond donors (Lipinski definition) is 1. The number of rotatable bonds is 5. The van der Waals surface area contributed by atoms with Gasteiger partial charge in [-0.1, -0.05) is 25.3 Å². The fourth-order valence-corrected chi connectivity index (χ4v) is 2.35. The van der Waals surface area contributed by atoms with Crippen molar-refractivity contribution in [1.29, 1.82) is 0 Å². The standard InChI is InChI=1S/C13H25N/c1-11(2)7-8-14-10-13-6-4-5-12(3)9-13/h12-14H,1,4-10H2,2-3H3. The molecule has 2 unspecified atom stereocenters. The molecule has 1 nitrogen and oxygen atoms in total. The molecular formula is C13H25N. The first-order chi connectivity index (χ1) is 6.68. The first-order valence-electron chi connectivity index (χ1n) is 6.03. The molecule has 1 fully saturated rings. The molecule has 0 aromatic rings. The maximum Gasteiger partial charge on any atom is -0.00117 e. The molecule has 14 heavy (non-hydrogen) atoms. The highest BCUT2D eigenvalue weighted by molar-refractivity contribution is 4.88. The minimum Gasteiger partial charge on any atom is -0.316 e. The maximum absolute atomic E-state index is 3.91. The molecule has 0 radical (unpaired) electrons. The summed E-state index contributed by atoms with van der Waals surface area (Å²) in [4.78, 5) is 0. The van der Waals surface area contributed by atoms with Crippen molar-refractivity contribution in [3.8, 4) is 0 Å². The molecule has 82 valence electrons. The van der Waals surface area contributed by atoms with E-state index in [0.29, 0.717) is 0 Å². The summed E-state index contributed by atoms with van der Waals surface area (Å²) in [5, 5.41) is 3.55. The van der Waals surface area contributed by atoms with E-state index in [1.54, 1.807) is 0 Å². The summed E-state index contributed by atoms with van der Waals surface area (Å²) in [7, 11) is 0. The Morgan fingerprint density at radius 1 is 1.43 bits per heavy atom. The molecule has 0 saturated heterocycles. The summed E-state index contributed by atoms with van der Waals surface area (Å²) in [6.07, 6.45) is 6.88. The number of nitrogens with one attached hydrogen (secondary N) is 1. The van der Waals surface area contributed by atoms with Crippen LogP contribution in [-0.4, -0.2) is 13.1 Å². The van der Waals surface area contributed by atoms with E-state index in [-0.39, 0.29) is 0 Å². The van der Waals surface area contributed by atoms with E-state index in [1.807, 2.05) is 0 Å². The Balaban J connectivity index is 2.03. The van der Waals surface area contributed by atoms with Crippen LogP contribution in [0.4, 0.5) is 0 Å². The second-order valence-corrected chi connectivity index (χ2v) is 5.05. The zero-order chi connectivity index (χ0) is 10.4. The molecule has 0 heterocycles. The zero-order valence-electron chi connectivity index (χ0n) is 9.81. The maximum atomic E-state index is 3.91. The van der Waals surface area contributed by atoms with E-state index in [2.05, 4.69) is 25.7 Å². The largest absolute Gasteiger partial charge is 0.316 e. The van der Waals surface area contributed by atoms with Crippen LogP contribution in [0, 0.1) is 11.8 Å². The first-order valence-corrected chi connectivity index (χ1v) is 6.03. The van der Waals surface area contributed by atoms with Crippen LogP contribution in [-0.2, 0) is 0 Å². The van der Waals surface area contributed by atoms with Crippen molar-refractivity contribution in [2.45, 2.75) is 46.0 Å². The molecule has 1 heteroatoms. The molecule has 0 amide bonds. The van der Waals surface area contributed by atoms with E-state index in [9.17, 15) is 0 Å². The normalized spacial score (nSPS) is 27.6. The van der Waals surface area contributed by atoms with Crippen LogP contribution in [0.5, 0.6) is 0 Å². The Morgan fingerprint density at radius 3 is 2.86 bits per heavy atom. The van der Waals surface area contributed by atoms with E-state index in [0.717, 1.165) is 24.8 Å². The smallest absolute Gasteiger partial charge is 0.00117 e. The van der Waals surface area contributed by atoms with Gasteiger partial charge in [0.05, 0.1) is 0 Å². The Morgan fingerprint density at radius 2 is 2.21 bits per heavy atom. The van der Waals surface area contributed by atoms with Crippen LogP contribution < -0.4 is 5.32 Å². The number of hydrogen-bond acceptors (Lipinski definition) is 1. The molecule has 0 aromatic heterocycles. The second kappa shape index (κ2) is 6.23. The molecule has 0 aromatic carbocycles. The molecule has 1 aliphatic carbocycles. The van der Waals surface area contributed by atoms with E-state index in [4.69, 9.17) is 0 Å². The molecular weight excluding hydrogens is 170 g/mol. The second-order valence-electron chi connectivity index (χ2n) is 5.05. The van der Waals surface area contributed by atoms with Crippen molar-refractivity contribution < 1.29 is 0 Å². The van der Waals surface area contributed by atoms with Gasteiger partial charge in [0, 0.05) is 0 Å². The summed E-state index contributed by atoms with van der Waals surface area (Å²) >= 11 is 0. The average Bonchev–Trinajstić information content (AvgIpc) is 2.12. The fourth-order valence-electron chi connectivity index (χ4n) is 2.35. The van der Waals surface area contributed by atoms with Crippen molar-refractivity contribution in [2.75, 3.05) is 13.1 Å². The fraction of sp³-hybridized carbons (Fsp3) is 0.846. The third kappa shape index (κ3) is 4.80. The van der Waals surface area contributed by atoms with Gasteiger partial charge >= 0.3 is 0 Å². The van der Waals surface area contributed by atoms with Crippen molar-refractivity contribution in [3.05, 3.63) is 12.2 Å². The topological polar surface area (TPSA) is 12.0 Å². The highest BCUT2D eigenvalue weighted by atomic mass is 14.9. The van der Waals surface area contributed by atoms with Crippen molar-refractivity contribution in [1.82, 2.24) is 5.32 Å². The van der Waals surface area contributed by atoms with Gasteiger partial charge in [-0.05, 0) is 51.1 Å². The van der Waals surface area contributed by atoms with E-state index < -0.39 is 0 Å². The van der Waals surface area contributed by atoms with Crippen molar-refractivity contribution in [3.63, 3.8) is 0 Å². The van der Waals surface area contributed by atoms with Gasteiger partial charge in [0.25, 0.3) is 0 Å². The Labute approximate surface area is 89.0 Å². The monoisotopic (exact) mass is 195 g/mol. The van der Waals surface area contributed by atoms with Crippen LogP contribution in [0.15, 0.2) is 12.2 Å². The molecule has 2 atom stereocenters. The van der Waals surface area contributed by atoms with Gasteiger partial charge in [-0.2, -0.15) is 0 Å². The van der Waals surface area contributed by atoms with Gasteiger partial charge in [-0.15, -0.1) is 6.58 Å². The Hall–Kier alpha value is -0.300. The van der Waals surface area contributed by atoms with Gasteiger partial charge < -0.3 is 5.32 Å². The van der Waals surface area contributed by atoms with Gasteiger partial charge in [0.15, 0.2) is 0 Å². The summed E-state index contributed by atoms with van der Waals surface area (Å²) in [6, 6.07) is 0. The predicted octanol–water partition coefficient (Wildman–Crippen LogP) is 3.37. The average molecular weight is 195 g/mol. The van der Waals surface area contributed by atoms with Crippen LogP contribution >= 0.6 is 0 Å². The lowest BCUT2D eigenvalue weighted by molar-refractivity contribution is 0.275. The molecule has 1 aliphatic rings. The third-order valence-corrected chi connectivity index (χ3v) is 3.21. The first kappa shape index (κ1) is 11.8. The molecule has 1 rings (SSSR count). The zero-order valence-corrected chi connectivity index (χ0v) is 9.81. The lowest BCUT2D eigenvalue weighted by Crippen LogP contribution is -2.27. The summed E-state index contributed by atoms with van der Waals surface area (Å²) < 4.78 is 0. The van der Waals surface area contributed by atoms with E-state index >= 15 is 0 Å². The van der Waals surface area contributed by atoms with Gasteiger partial charge in [-0.25, -0.2) is 0 Å². The SMILES string of the molecule is C=C(C)CCNCC1CCCC(C)C1. The van der Waals surface area contributed by atoms with Gasteiger partial charge in [-0.3, -0.25) is 0 Å². The molecule has 0 spiro atoms. The molecule has 1 saturated carbocycles. The van der Waals surface area contributed by atoms with Crippen molar-refractivity contribution in [2.24, 2.45) is 11.8 Å².